The molecule has 0 spiro atoms. The highest BCUT2D eigenvalue weighted by Gasteiger charge is 2.26. The van der Waals surface area contributed by atoms with E-state index in [0.29, 0.717) is 17.6 Å². The summed E-state index contributed by atoms with van der Waals surface area (Å²) in [6.45, 7) is 2.21. The Labute approximate surface area is 95.3 Å². The van der Waals surface area contributed by atoms with Gasteiger partial charge < -0.3 is 0 Å². The van der Waals surface area contributed by atoms with Crippen molar-refractivity contribution in [3.8, 4) is 0 Å². The number of benzene rings is 1. The molecule has 1 aliphatic heterocycles. The van der Waals surface area contributed by atoms with E-state index in [9.17, 15) is 4.79 Å². The van der Waals surface area contributed by atoms with Gasteiger partial charge in [0.15, 0.2) is 0 Å². The minimum Gasteiger partial charge on any atom is -0.298 e. The smallest absolute Gasteiger partial charge is 0.146 e. The molecule has 1 aromatic carbocycles. The lowest BCUT2D eigenvalue weighted by Gasteiger charge is -2.15. The van der Waals surface area contributed by atoms with Gasteiger partial charge >= 0.3 is 0 Å². The van der Waals surface area contributed by atoms with E-state index in [1.165, 1.54) is 5.56 Å². The predicted octanol–water partition coefficient (Wildman–Crippen LogP) is 3.11. The molecule has 0 amide bonds. The second-order valence-corrected chi connectivity index (χ2v) is 5.26. The third kappa shape index (κ3) is 2.63. The van der Waals surface area contributed by atoms with E-state index in [1.807, 2.05) is 6.07 Å². The Bertz CT molecular complexity index is 334. The van der Waals surface area contributed by atoms with Crippen molar-refractivity contribution in [2.45, 2.75) is 19.3 Å². The first-order valence-corrected chi connectivity index (χ1v) is 6.58. The van der Waals surface area contributed by atoms with Gasteiger partial charge in [-0.15, -0.1) is 0 Å². The SMILES string of the molecule is CC(CC1CSCC1=O)c1ccccc1. The normalized spacial score (nSPS) is 23.0. The van der Waals surface area contributed by atoms with Gasteiger partial charge in [0.25, 0.3) is 0 Å². The van der Waals surface area contributed by atoms with Crippen molar-refractivity contribution in [2.24, 2.45) is 5.92 Å². The largest absolute Gasteiger partial charge is 0.298 e. The fourth-order valence-corrected chi connectivity index (χ4v) is 3.22. The molecule has 2 unspecified atom stereocenters. The maximum atomic E-state index is 11.5. The van der Waals surface area contributed by atoms with Crippen LogP contribution >= 0.6 is 11.8 Å². The van der Waals surface area contributed by atoms with Crippen molar-refractivity contribution < 1.29 is 4.79 Å². The second kappa shape index (κ2) is 4.84. The van der Waals surface area contributed by atoms with Crippen LogP contribution in [-0.4, -0.2) is 17.3 Å². The van der Waals surface area contributed by atoms with Gasteiger partial charge in [0.1, 0.15) is 5.78 Å². The van der Waals surface area contributed by atoms with Crippen LogP contribution in [0.5, 0.6) is 0 Å². The molecule has 2 rings (SSSR count). The first kappa shape index (κ1) is 10.7. The summed E-state index contributed by atoms with van der Waals surface area (Å²) in [6, 6.07) is 10.5. The average molecular weight is 220 g/mol. The number of rotatable bonds is 3. The van der Waals surface area contributed by atoms with Crippen molar-refractivity contribution in [1.29, 1.82) is 0 Å². The lowest BCUT2D eigenvalue weighted by molar-refractivity contribution is -0.119. The fourth-order valence-electron chi connectivity index (χ4n) is 2.06. The van der Waals surface area contributed by atoms with Gasteiger partial charge in [0.2, 0.25) is 0 Å². The topological polar surface area (TPSA) is 17.1 Å². The molecular formula is C13H16OS. The summed E-state index contributed by atoms with van der Waals surface area (Å²) in [5, 5.41) is 0. The molecule has 2 atom stereocenters. The molecule has 2 heteroatoms. The predicted molar refractivity (Wildman–Crippen MR) is 65.3 cm³/mol. The van der Waals surface area contributed by atoms with Crippen molar-refractivity contribution in [3.05, 3.63) is 35.9 Å². The monoisotopic (exact) mass is 220 g/mol. The molecule has 0 bridgehead atoms. The molecule has 0 saturated carbocycles. The van der Waals surface area contributed by atoms with Crippen LogP contribution in [-0.2, 0) is 4.79 Å². The molecule has 1 aromatic rings. The van der Waals surface area contributed by atoms with Crippen LogP contribution in [0.2, 0.25) is 0 Å². The number of hydrogen-bond donors (Lipinski definition) is 0. The summed E-state index contributed by atoms with van der Waals surface area (Å²) in [5.41, 5.74) is 1.35. The molecular weight excluding hydrogens is 204 g/mol. The molecule has 15 heavy (non-hydrogen) atoms. The van der Waals surface area contributed by atoms with E-state index in [2.05, 4.69) is 31.2 Å². The van der Waals surface area contributed by atoms with Crippen LogP contribution in [0.15, 0.2) is 30.3 Å². The standard InChI is InChI=1S/C13H16OS/c1-10(11-5-3-2-4-6-11)7-12-8-15-9-13(12)14/h2-6,10,12H,7-9H2,1H3. The minimum absolute atomic E-state index is 0.296. The number of hydrogen-bond acceptors (Lipinski definition) is 2. The summed E-state index contributed by atoms with van der Waals surface area (Å²) in [4.78, 5) is 11.5. The van der Waals surface area contributed by atoms with Gasteiger partial charge in [-0.1, -0.05) is 37.3 Å². The van der Waals surface area contributed by atoms with Gasteiger partial charge in [-0.05, 0) is 17.9 Å². The number of carbonyl (C=O) groups is 1. The first-order valence-electron chi connectivity index (χ1n) is 5.43. The van der Waals surface area contributed by atoms with E-state index in [1.54, 1.807) is 11.8 Å². The Morgan fingerprint density at radius 1 is 1.40 bits per heavy atom. The van der Waals surface area contributed by atoms with E-state index >= 15 is 0 Å². The summed E-state index contributed by atoms with van der Waals surface area (Å²) in [7, 11) is 0. The summed E-state index contributed by atoms with van der Waals surface area (Å²) >= 11 is 1.78. The molecule has 0 N–H and O–H groups in total. The Morgan fingerprint density at radius 2 is 2.13 bits per heavy atom. The highest BCUT2D eigenvalue weighted by Crippen LogP contribution is 2.30. The molecule has 1 aliphatic rings. The maximum absolute atomic E-state index is 11.5. The average Bonchev–Trinajstić information content (AvgIpc) is 2.66. The highest BCUT2D eigenvalue weighted by atomic mass is 32.2. The Morgan fingerprint density at radius 3 is 2.73 bits per heavy atom. The molecule has 1 fully saturated rings. The van der Waals surface area contributed by atoms with Crippen molar-refractivity contribution in [1.82, 2.24) is 0 Å². The van der Waals surface area contributed by atoms with E-state index in [0.717, 1.165) is 17.9 Å². The zero-order chi connectivity index (χ0) is 10.7. The third-order valence-electron chi connectivity index (χ3n) is 3.03. The number of thioether (sulfide) groups is 1. The third-order valence-corrected chi connectivity index (χ3v) is 4.15. The number of Topliss-reactive ketones (excluding diaryl/α,β-unsaturated/α-hetero) is 1. The van der Waals surface area contributed by atoms with Crippen LogP contribution in [0.3, 0.4) is 0 Å². The zero-order valence-electron chi connectivity index (χ0n) is 8.98. The molecule has 1 nitrogen and oxygen atoms in total. The Hall–Kier alpha value is -0.760. The van der Waals surface area contributed by atoms with Crippen molar-refractivity contribution >= 4 is 17.5 Å². The van der Waals surface area contributed by atoms with E-state index in [-0.39, 0.29) is 0 Å². The molecule has 1 heterocycles. The van der Waals surface area contributed by atoms with Crippen LogP contribution in [0.25, 0.3) is 0 Å². The molecule has 80 valence electrons. The van der Waals surface area contributed by atoms with Gasteiger partial charge in [-0.3, -0.25) is 4.79 Å². The lowest BCUT2D eigenvalue weighted by Crippen LogP contribution is -2.13. The van der Waals surface area contributed by atoms with Crippen molar-refractivity contribution in [3.63, 3.8) is 0 Å². The number of ketones is 1. The quantitative estimate of drug-likeness (QED) is 0.778. The van der Waals surface area contributed by atoms with Crippen LogP contribution in [0.1, 0.15) is 24.8 Å². The summed E-state index contributed by atoms with van der Waals surface area (Å²) < 4.78 is 0. The molecule has 0 radical (unpaired) electrons. The van der Waals surface area contributed by atoms with Gasteiger partial charge in [0, 0.05) is 11.7 Å². The minimum atomic E-state index is 0.296. The summed E-state index contributed by atoms with van der Waals surface area (Å²) in [6.07, 6.45) is 1.01. The number of carbonyl (C=O) groups excluding carboxylic acids is 1. The van der Waals surface area contributed by atoms with E-state index < -0.39 is 0 Å². The molecule has 1 saturated heterocycles. The van der Waals surface area contributed by atoms with Gasteiger partial charge in [-0.2, -0.15) is 11.8 Å². The Kier molecular flexibility index (Phi) is 3.47. The molecule has 0 aliphatic carbocycles. The lowest BCUT2D eigenvalue weighted by atomic mass is 9.89. The first-order chi connectivity index (χ1) is 7.27. The highest BCUT2D eigenvalue weighted by molar-refractivity contribution is 8.00. The van der Waals surface area contributed by atoms with E-state index in [4.69, 9.17) is 0 Å². The Balaban J connectivity index is 1.98. The second-order valence-electron chi connectivity index (χ2n) is 4.23. The maximum Gasteiger partial charge on any atom is 0.146 e. The molecule has 0 aromatic heterocycles. The van der Waals surface area contributed by atoms with Gasteiger partial charge in [-0.25, -0.2) is 0 Å². The fraction of sp³-hybridized carbons (Fsp3) is 0.462. The summed E-state index contributed by atoms with van der Waals surface area (Å²) in [5.74, 6) is 2.99. The van der Waals surface area contributed by atoms with Crippen LogP contribution in [0, 0.1) is 5.92 Å². The van der Waals surface area contributed by atoms with Gasteiger partial charge in [0.05, 0.1) is 5.75 Å². The van der Waals surface area contributed by atoms with Crippen LogP contribution < -0.4 is 0 Å². The van der Waals surface area contributed by atoms with Crippen LogP contribution in [0.4, 0.5) is 0 Å². The van der Waals surface area contributed by atoms with Crippen molar-refractivity contribution in [2.75, 3.05) is 11.5 Å². The zero-order valence-corrected chi connectivity index (χ0v) is 9.80.